The van der Waals surface area contributed by atoms with Gasteiger partial charge in [0, 0.05) is 0 Å². The molecule has 1 saturated carbocycles. The minimum atomic E-state index is -0.639. The van der Waals surface area contributed by atoms with Gasteiger partial charge in [-0.15, -0.1) is 0 Å². The van der Waals surface area contributed by atoms with Crippen molar-refractivity contribution < 1.29 is 14.6 Å². The van der Waals surface area contributed by atoms with E-state index < -0.39 is 5.60 Å². The Morgan fingerprint density at radius 2 is 2.11 bits per heavy atom. The van der Waals surface area contributed by atoms with Crippen LogP contribution in [0, 0.1) is 5.92 Å². The summed E-state index contributed by atoms with van der Waals surface area (Å²) in [5, 5.41) is 10.6. The third-order valence-corrected chi connectivity index (χ3v) is 4.12. The van der Waals surface area contributed by atoms with Gasteiger partial charge in [0.2, 0.25) is 0 Å². The fraction of sp³-hybridized carbons (Fsp3) is 0.500. The number of rotatable bonds is 4. The second kappa shape index (κ2) is 4.69. The summed E-state index contributed by atoms with van der Waals surface area (Å²) in [6.07, 6.45) is 2.16. The van der Waals surface area contributed by atoms with Gasteiger partial charge in [-0.1, -0.05) is 23.7 Å². The average molecular weight is 282 g/mol. The summed E-state index contributed by atoms with van der Waals surface area (Å²) in [4.78, 5) is 13.5. The van der Waals surface area contributed by atoms with Gasteiger partial charge in [-0.2, -0.15) is 0 Å². The van der Waals surface area contributed by atoms with Crippen molar-refractivity contribution in [3.63, 3.8) is 0 Å². The summed E-state index contributed by atoms with van der Waals surface area (Å²) >= 11 is 5.94. The van der Waals surface area contributed by atoms with E-state index in [1.165, 1.54) is 0 Å². The summed E-state index contributed by atoms with van der Waals surface area (Å²) in [5.74, 6) is 0.793. The quantitative estimate of drug-likeness (QED) is 0.914. The molecule has 2 aliphatic rings. The molecule has 5 heteroatoms. The van der Waals surface area contributed by atoms with Gasteiger partial charge in [-0.3, -0.25) is 4.79 Å². The van der Waals surface area contributed by atoms with Crippen LogP contribution in [0.5, 0.6) is 5.75 Å². The number of benzene rings is 1. The zero-order chi connectivity index (χ0) is 13.5. The van der Waals surface area contributed by atoms with Crippen molar-refractivity contribution in [3.8, 4) is 5.75 Å². The first kappa shape index (κ1) is 12.8. The van der Waals surface area contributed by atoms with E-state index in [4.69, 9.17) is 16.3 Å². The number of carbonyl (C=O) groups excluding carboxylic acids is 1. The zero-order valence-corrected chi connectivity index (χ0v) is 11.3. The molecule has 1 aromatic carbocycles. The fourth-order valence-corrected chi connectivity index (χ4v) is 2.65. The number of hydrogen-bond donors (Lipinski definition) is 1. The summed E-state index contributed by atoms with van der Waals surface area (Å²) in [6.45, 7) is 0.829. The molecular weight excluding hydrogens is 266 g/mol. The average Bonchev–Trinajstić information content (AvgIpc) is 3.18. The molecule has 0 atom stereocenters. The number of ether oxygens (including phenoxy) is 1. The Hall–Kier alpha value is -1.26. The highest BCUT2D eigenvalue weighted by molar-refractivity contribution is 6.32. The highest BCUT2D eigenvalue weighted by atomic mass is 35.5. The topological polar surface area (TPSA) is 49.8 Å². The van der Waals surface area contributed by atoms with Crippen LogP contribution in [0.3, 0.4) is 0 Å². The molecule has 4 nitrogen and oxygen atoms in total. The summed E-state index contributed by atoms with van der Waals surface area (Å²) in [5.41, 5.74) is -0.639. The van der Waals surface area contributed by atoms with Crippen LogP contribution in [-0.4, -0.2) is 41.2 Å². The standard InChI is InChI=1S/C14H16ClNO3/c15-11-3-1-2-4-12(11)19-7-13(17)16-8-14(18,9-16)10-5-6-10/h1-4,10,18H,5-9H2. The number of likely N-dealkylation sites (tertiary alicyclic amines) is 1. The molecule has 0 spiro atoms. The van der Waals surface area contributed by atoms with Gasteiger partial charge in [-0.25, -0.2) is 0 Å². The molecule has 0 bridgehead atoms. The number of β-amino-alcohol motifs (C(OH)–C–C–N with tert-alkyl or cyclic N) is 1. The molecule has 0 radical (unpaired) electrons. The van der Waals surface area contributed by atoms with Crippen molar-refractivity contribution in [1.29, 1.82) is 0 Å². The number of aliphatic hydroxyl groups is 1. The lowest BCUT2D eigenvalue weighted by atomic mass is 9.89. The molecule has 19 heavy (non-hydrogen) atoms. The Bertz CT molecular complexity index is 495. The van der Waals surface area contributed by atoms with Gasteiger partial charge >= 0.3 is 0 Å². The van der Waals surface area contributed by atoms with Crippen molar-refractivity contribution >= 4 is 17.5 Å². The molecule has 3 rings (SSSR count). The molecule has 1 N–H and O–H groups in total. The Labute approximate surface area is 116 Å². The third kappa shape index (κ3) is 2.55. The lowest BCUT2D eigenvalue weighted by Gasteiger charge is -2.46. The van der Waals surface area contributed by atoms with Crippen molar-refractivity contribution in [1.82, 2.24) is 4.90 Å². The van der Waals surface area contributed by atoms with E-state index in [9.17, 15) is 9.90 Å². The molecule has 0 aromatic heterocycles. The van der Waals surface area contributed by atoms with Crippen molar-refractivity contribution in [2.45, 2.75) is 18.4 Å². The number of halogens is 1. The summed E-state index contributed by atoms with van der Waals surface area (Å²) in [7, 11) is 0. The van der Waals surface area contributed by atoms with Crippen LogP contribution in [0.1, 0.15) is 12.8 Å². The van der Waals surface area contributed by atoms with Gasteiger partial charge in [0.15, 0.2) is 6.61 Å². The SMILES string of the molecule is O=C(COc1ccccc1Cl)N1CC(O)(C2CC2)C1. The summed E-state index contributed by atoms with van der Waals surface area (Å²) < 4.78 is 5.39. The van der Waals surface area contributed by atoms with Crippen molar-refractivity contribution in [2.24, 2.45) is 5.92 Å². The second-order valence-electron chi connectivity index (χ2n) is 5.35. The first-order valence-electron chi connectivity index (χ1n) is 6.46. The van der Waals surface area contributed by atoms with Gasteiger partial charge < -0.3 is 14.7 Å². The molecule has 1 heterocycles. The molecule has 0 unspecified atom stereocenters. The van der Waals surface area contributed by atoms with Crippen LogP contribution < -0.4 is 4.74 Å². The van der Waals surface area contributed by atoms with Crippen LogP contribution in [0.4, 0.5) is 0 Å². The van der Waals surface area contributed by atoms with Gasteiger partial charge in [0.1, 0.15) is 11.4 Å². The van der Waals surface area contributed by atoms with E-state index in [1.54, 1.807) is 23.1 Å². The van der Waals surface area contributed by atoms with E-state index in [-0.39, 0.29) is 12.5 Å². The maximum Gasteiger partial charge on any atom is 0.260 e. The highest BCUT2D eigenvalue weighted by Gasteiger charge is 2.53. The predicted octanol–water partition coefficient (Wildman–Crippen LogP) is 1.70. The van der Waals surface area contributed by atoms with Crippen LogP contribution in [-0.2, 0) is 4.79 Å². The lowest BCUT2D eigenvalue weighted by molar-refractivity contribution is -0.161. The molecule has 1 aliphatic heterocycles. The highest BCUT2D eigenvalue weighted by Crippen LogP contribution is 2.44. The molecular formula is C14H16ClNO3. The van der Waals surface area contributed by atoms with Crippen LogP contribution >= 0.6 is 11.6 Å². The number of nitrogens with zero attached hydrogens (tertiary/aromatic N) is 1. The van der Waals surface area contributed by atoms with E-state index >= 15 is 0 Å². The van der Waals surface area contributed by atoms with Crippen molar-refractivity contribution in [2.75, 3.05) is 19.7 Å². The Kier molecular flexibility index (Phi) is 3.15. The smallest absolute Gasteiger partial charge is 0.260 e. The van der Waals surface area contributed by atoms with Crippen LogP contribution in [0.25, 0.3) is 0 Å². The second-order valence-corrected chi connectivity index (χ2v) is 5.75. The Balaban J connectivity index is 1.49. The molecule has 1 aliphatic carbocycles. The van der Waals surface area contributed by atoms with Crippen molar-refractivity contribution in [3.05, 3.63) is 29.3 Å². The van der Waals surface area contributed by atoms with Gasteiger partial charge in [0.25, 0.3) is 5.91 Å². The van der Waals surface area contributed by atoms with E-state index in [0.717, 1.165) is 12.8 Å². The van der Waals surface area contributed by atoms with Gasteiger partial charge in [0.05, 0.1) is 18.1 Å². The first-order valence-corrected chi connectivity index (χ1v) is 6.84. The molecule has 1 amide bonds. The van der Waals surface area contributed by atoms with E-state index in [2.05, 4.69) is 0 Å². The molecule has 1 saturated heterocycles. The maximum absolute atomic E-state index is 11.9. The number of hydrogen-bond acceptors (Lipinski definition) is 3. The minimum Gasteiger partial charge on any atom is -0.482 e. The number of para-hydroxylation sites is 1. The molecule has 102 valence electrons. The number of amides is 1. The van der Waals surface area contributed by atoms with Crippen LogP contribution in [0.2, 0.25) is 5.02 Å². The normalized spacial score (nSPS) is 20.8. The minimum absolute atomic E-state index is 0.0372. The Morgan fingerprint density at radius 3 is 2.74 bits per heavy atom. The van der Waals surface area contributed by atoms with Gasteiger partial charge in [-0.05, 0) is 30.9 Å². The van der Waals surface area contributed by atoms with E-state index in [1.807, 2.05) is 6.07 Å². The van der Waals surface area contributed by atoms with E-state index in [0.29, 0.717) is 29.8 Å². The number of carbonyl (C=O) groups is 1. The Morgan fingerprint density at radius 1 is 1.42 bits per heavy atom. The maximum atomic E-state index is 11.9. The summed E-state index contributed by atoms with van der Waals surface area (Å²) in [6, 6.07) is 7.06. The zero-order valence-electron chi connectivity index (χ0n) is 10.5. The monoisotopic (exact) mass is 281 g/mol. The largest absolute Gasteiger partial charge is 0.482 e. The molecule has 1 aromatic rings. The van der Waals surface area contributed by atoms with Crippen LogP contribution in [0.15, 0.2) is 24.3 Å². The first-order chi connectivity index (χ1) is 9.08. The fourth-order valence-electron chi connectivity index (χ4n) is 2.46. The predicted molar refractivity (Wildman–Crippen MR) is 71.2 cm³/mol. The molecule has 2 fully saturated rings. The third-order valence-electron chi connectivity index (χ3n) is 3.81. The lowest BCUT2D eigenvalue weighted by Crippen LogP contribution is -2.65.